The molecule has 0 saturated heterocycles. The molecule has 9 nitrogen and oxygen atoms in total. The van der Waals surface area contributed by atoms with Crippen molar-refractivity contribution in [2.24, 2.45) is 0 Å². The van der Waals surface area contributed by atoms with Crippen molar-refractivity contribution in [2.75, 3.05) is 23.5 Å². The summed E-state index contributed by atoms with van der Waals surface area (Å²) in [5.74, 6) is 1.36. The van der Waals surface area contributed by atoms with Crippen molar-refractivity contribution >= 4 is 56.3 Å². The van der Waals surface area contributed by atoms with Crippen LogP contribution >= 0.6 is 12.4 Å². The van der Waals surface area contributed by atoms with E-state index < -0.39 is 9.84 Å². The molecule has 0 aliphatic carbocycles. The monoisotopic (exact) mass is 474 g/mol. The van der Waals surface area contributed by atoms with Gasteiger partial charge in [-0.2, -0.15) is 10.1 Å². The fraction of sp³-hybridized carbons (Fsp3) is 0.190. The van der Waals surface area contributed by atoms with Crippen molar-refractivity contribution in [1.82, 2.24) is 20.2 Å². The van der Waals surface area contributed by atoms with Crippen LogP contribution in [0.4, 0.5) is 23.1 Å². The summed E-state index contributed by atoms with van der Waals surface area (Å²) in [5, 5.41) is 14.6. The van der Waals surface area contributed by atoms with E-state index in [1.54, 1.807) is 25.3 Å². The molecule has 0 unspecified atom stereocenters. The van der Waals surface area contributed by atoms with Crippen molar-refractivity contribution in [2.45, 2.75) is 18.7 Å². The van der Waals surface area contributed by atoms with E-state index in [2.05, 4.69) is 30.8 Å². The minimum Gasteiger partial charge on any atom is -0.495 e. The lowest BCUT2D eigenvalue weighted by molar-refractivity contribution is 0.416. The van der Waals surface area contributed by atoms with Gasteiger partial charge in [0, 0.05) is 23.0 Å². The summed E-state index contributed by atoms with van der Waals surface area (Å²) in [4.78, 5) is 8.91. The lowest BCUT2D eigenvalue weighted by Crippen LogP contribution is -2.06. The molecule has 0 bridgehead atoms. The Hall–Kier alpha value is -3.37. The molecule has 4 rings (SSSR count). The molecule has 2 aromatic heterocycles. The van der Waals surface area contributed by atoms with Gasteiger partial charge in [0.25, 0.3) is 0 Å². The summed E-state index contributed by atoms with van der Waals surface area (Å²) in [7, 11) is -1.85. The molecule has 11 heteroatoms. The predicted octanol–water partition coefficient (Wildman–Crippen LogP) is 4.37. The van der Waals surface area contributed by atoms with Crippen LogP contribution in [0.1, 0.15) is 12.6 Å². The molecule has 0 fully saturated rings. The Morgan fingerprint density at radius 2 is 1.91 bits per heavy atom. The lowest BCUT2D eigenvalue weighted by atomic mass is 10.2. The summed E-state index contributed by atoms with van der Waals surface area (Å²) in [6.07, 6.45) is 1.61. The Kier molecular flexibility index (Phi) is 6.85. The van der Waals surface area contributed by atoms with Gasteiger partial charge >= 0.3 is 0 Å². The molecule has 168 valence electrons. The normalized spacial score (nSPS) is 11.1. The Balaban J connectivity index is 0.00000289. The Labute approximate surface area is 192 Å². The van der Waals surface area contributed by atoms with Gasteiger partial charge in [-0.15, -0.1) is 12.4 Å². The third-order valence-corrected chi connectivity index (χ3v) is 6.56. The van der Waals surface area contributed by atoms with Crippen molar-refractivity contribution in [3.63, 3.8) is 0 Å². The molecule has 0 aliphatic heterocycles. The summed E-state index contributed by atoms with van der Waals surface area (Å²) in [6, 6.07) is 12.2. The molecule has 0 radical (unpaired) electrons. The number of anilines is 4. The average Bonchev–Trinajstić information content (AvgIpc) is 3.14. The first-order chi connectivity index (χ1) is 14.9. The Bertz CT molecular complexity index is 1360. The maximum atomic E-state index is 12.2. The van der Waals surface area contributed by atoms with E-state index in [0.29, 0.717) is 23.2 Å². The number of H-pyrrole nitrogens is 1. The number of halogens is 1. The van der Waals surface area contributed by atoms with Crippen LogP contribution in [0.15, 0.2) is 53.6 Å². The fourth-order valence-corrected chi connectivity index (χ4v) is 4.03. The second-order valence-electron chi connectivity index (χ2n) is 6.86. The number of aromatic amines is 1. The number of fused-ring (bicyclic) bond motifs is 1. The van der Waals surface area contributed by atoms with Gasteiger partial charge in [-0.25, -0.2) is 13.4 Å². The van der Waals surface area contributed by atoms with Crippen LogP contribution in [0.2, 0.25) is 0 Å². The molecular weight excluding hydrogens is 452 g/mol. The standard InChI is InChI=1S/C21H22N6O3S.ClH/c1-4-31(28,29)15-6-8-19(30-3)18(12-15)24-21-22-10-9-20(25-21)23-14-5-7-16-13(2)26-27-17(16)11-14;/h5-12H,4H2,1-3H3,(H,26,27)(H2,22,23,24,25);1H. The van der Waals surface area contributed by atoms with Crippen LogP contribution in [0.3, 0.4) is 0 Å². The largest absolute Gasteiger partial charge is 0.495 e. The smallest absolute Gasteiger partial charge is 0.229 e. The summed E-state index contributed by atoms with van der Waals surface area (Å²) in [6.45, 7) is 3.58. The highest BCUT2D eigenvalue weighted by Gasteiger charge is 2.15. The number of hydrogen-bond acceptors (Lipinski definition) is 8. The molecule has 0 amide bonds. The fourth-order valence-electron chi connectivity index (χ4n) is 3.13. The van der Waals surface area contributed by atoms with E-state index in [1.165, 1.54) is 19.2 Å². The van der Waals surface area contributed by atoms with Crippen LogP contribution in [0, 0.1) is 6.92 Å². The third-order valence-electron chi connectivity index (χ3n) is 4.83. The first kappa shape index (κ1) is 23.3. The van der Waals surface area contributed by atoms with Gasteiger partial charge in [0.05, 0.1) is 29.0 Å². The van der Waals surface area contributed by atoms with Gasteiger partial charge in [0.15, 0.2) is 9.84 Å². The van der Waals surface area contributed by atoms with Crippen LogP contribution in [0.25, 0.3) is 10.9 Å². The zero-order chi connectivity index (χ0) is 22.0. The molecule has 3 N–H and O–H groups in total. The number of benzene rings is 2. The lowest BCUT2D eigenvalue weighted by Gasteiger charge is -2.13. The van der Waals surface area contributed by atoms with Gasteiger partial charge in [0.1, 0.15) is 11.6 Å². The number of hydrogen-bond donors (Lipinski definition) is 3. The predicted molar refractivity (Wildman–Crippen MR) is 127 cm³/mol. The highest BCUT2D eigenvalue weighted by atomic mass is 35.5. The zero-order valence-electron chi connectivity index (χ0n) is 17.7. The molecular formula is C21H23ClN6O3S. The third kappa shape index (κ3) is 4.76. The van der Waals surface area contributed by atoms with Gasteiger partial charge < -0.3 is 15.4 Å². The molecule has 0 saturated carbocycles. The highest BCUT2D eigenvalue weighted by Crippen LogP contribution is 2.30. The number of sulfone groups is 1. The molecule has 4 aromatic rings. The van der Waals surface area contributed by atoms with Crippen LogP contribution in [0.5, 0.6) is 5.75 Å². The average molecular weight is 475 g/mol. The number of nitrogens with zero attached hydrogens (tertiary/aromatic N) is 3. The van der Waals surface area contributed by atoms with Gasteiger partial charge in [-0.3, -0.25) is 5.10 Å². The van der Waals surface area contributed by atoms with Crippen LogP contribution in [-0.4, -0.2) is 41.4 Å². The molecule has 0 spiro atoms. The quantitative estimate of drug-likeness (QED) is 0.361. The Morgan fingerprint density at radius 3 is 2.66 bits per heavy atom. The van der Waals surface area contributed by atoms with E-state index in [4.69, 9.17) is 4.74 Å². The zero-order valence-corrected chi connectivity index (χ0v) is 19.3. The summed E-state index contributed by atoms with van der Waals surface area (Å²) < 4.78 is 29.8. The number of rotatable bonds is 7. The van der Waals surface area contributed by atoms with E-state index in [-0.39, 0.29) is 23.1 Å². The topological polar surface area (TPSA) is 122 Å². The van der Waals surface area contributed by atoms with Crippen molar-refractivity contribution in [3.05, 3.63) is 54.4 Å². The van der Waals surface area contributed by atoms with Gasteiger partial charge in [-0.05, 0) is 49.4 Å². The SMILES string of the molecule is CCS(=O)(=O)c1ccc(OC)c(Nc2nccc(Nc3ccc4c(C)[nH]nc4c3)n2)c1.Cl. The number of aryl methyl sites for hydroxylation is 1. The number of methoxy groups -OCH3 is 1. The Morgan fingerprint density at radius 1 is 1.09 bits per heavy atom. The van der Waals surface area contributed by atoms with E-state index in [9.17, 15) is 8.42 Å². The first-order valence-electron chi connectivity index (χ1n) is 9.62. The minimum absolute atomic E-state index is 0. The molecule has 32 heavy (non-hydrogen) atoms. The maximum Gasteiger partial charge on any atom is 0.229 e. The highest BCUT2D eigenvalue weighted by molar-refractivity contribution is 7.91. The molecule has 2 aromatic carbocycles. The first-order valence-corrected chi connectivity index (χ1v) is 11.3. The van der Waals surface area contributed by atoms with E-state index in [1.807, 2.05) is 25.1 Å². The van der Waals surface area contributed by atoms with Gasteiger partial charge in [0.2, 0.25) is 5.95 Å². The van der Waals surface area contributed by atoms with Crippen molar-refractivity contribution in [3.8, 4) is 5.75 Å². The van der Waals surface area contributed by atoms with E-state index >= 15 is 0 Å². The second-order valence-corrected chi connectivity index (χ2v) is 9.14. The minimum atomic E-state index is -3.36. The molecule has 0 aliphatic rings. The van der Waals surface area contributed by atoms with E-state index in [0.717, 1.165) is 22.3 Å². The van der Waals surface area contributed by atoms with Crippen LogP contribution < -0.4 is 15.4 Å². The molecule has 0 atom stereocenters. The van der Waals surface area contributed by atoms with Gasteiger partial charge in [-0.1, -0.05) is 6.92 Å². The van der Waals surface area contributed by atoms with Crippen molar-refractivity contribution in [1.29, 1.82) is 0 Å². The maximum absolute atomic E-state index is 12.2. The summed E-state index contributed by atoms with van der Waals surface area (Å²) in [5.41, 5.74) is 3.16. The number of aromatic nitrogens is 4. The van der Waals surface area contributed by atoms with Crippen molar-refractivity contribution < 1.29 is 13.2 Å². The number of ether oxygens (including phenoxy) is 1. The summed E-state index contributed by atoms with van der Waals surface area (Å²) >= 11 is 0. The second kappa shape index (κ2) is 9.41. The van der Waals surface area contributed by atoms with Crippen LogP contribution in [-0.2, 0) is 9.84 Å². The number of nitrogens with one attached hydrogen (secondary N) is 3. The molecule has 2 heterocycles.